The number of halogens is 2. The van der Waals surface area contributed by atoms with Crippen molar-refractivity contribution in [1.82, 2.24) is 0 Å². The fourth-order valence-corrected chi connectivity index (χ4v) is 2.30. The molecular formula is C12H7I2. The van der Waals surface area contributed by atoms with Crippen LogP contribution in [0.4, 0.5) is 0 Å². The summed E-state index contributed by atoms with van der Waals surface area (Å²) in [6.07, 6.45) is 0. The first-order valence-electron chi connectivity index (χ1n) is 4.19. The van der Waals surface area contributed by atoms with Crippen molar-refractivity contribution in [3.63, 3.8) is 0 Å². The summed E-state index contributed by atoms with van der Waals surface area (Å²) in [6.45, 7) is 0. The minimum Gasteiger partial charge on any atom is -0.0606 e. The van der Waals surface area contributed by atoms with Gasteiger partial charge in [-0.1, -0.05) is 18.2 Å². The highest BCUT2D eigenvalue weighted by molar-refractivity contribution is 14.1. The molecule has 0 saturated carbocycles. The first-order valence-corrected chi connectivity index (χ1v) is 6.34. The Morgan fingerprint density at radius 2 is 1.71 bits per heavy atom. The summed E-state index contributed by atoms with van der Waals surface area (Å²) < 4.78 is 2.50. The van der Waals surface area contributed by atoms with Gasteiger partial charge in [0.15, 0.2) is 0 Å². The predicted octanol–water partition coefficient (Wildman–Crippen LogP) is 4.36. The fourth-order valence-electron chi connectivity index (χ4n) is 1.26. The van der Waals surface area contributed by atoms with Crippen LogP contribution < -0.4 is 0 Å². The molecule has 0 spiro atoms. The Morgan fingerprint density at radius 3 is 2.43 bits per heavy atom. The van der Waals surface area contributed by atoms with E-state index in [2.05, 4.69) is 87.6 Å². The second-order valence-corrected chi connectivity index (χ2v) is 5.42. The van der Waals surface area contributed by atoms with E-state index in [1.165, 1.54) is 12.7 Å². The molecule has 2 aromatic rings. The SMILES string of the molecule is Ic1cc[c]c(-c2cccc(I)c2)c1. The molecule has 14 heavy (non-hydrogen) atoms. The van der Waals surface area contributed by atoms with Gasteiger partial charge in [-0.15, -0.1) is 0 Å². The Morgan fingerprint density at radius 1 is 0.929 bits per heavy atom. The molecule has 2 heteroatoms. The summed E-state index contributed by atoms with van der Waals surface area (Å²) in [7, 11) is 0. The van der Waals surface area contributed by atoms with E-state index in [4.69, 9.17) is 0 Å². The molecule has 0 saturated heterocycles. The first kappa shape index (κ1) is 10.4. The van der Waals surface area contributed by atoms with Gasteiger partial charge in [-0.3, -0.25) is 0 Å². The van der Waals surface area contributed by atoms with Crippen LogP contribution in [0.3, 0.4) is 0 Å². The van der Waals surface area contributed by atoms with Gasteiger partial charge in [-0.05, 0) is 86.6 Å². The van der Waals surface area contributed by atoms with E-state index < -0.39 is 0 Å². The van der Waals surface area contributed by atoms with Crippen LogP contribution in [0.5, 0.6) is 0 Å². The molecule has 0 aromatic heterocycles. The summed E-state index contributed by atoms with van der Waals surface area (Å²) in [5, 5.41) is 0. The van der Waals surface area contributed by atoms with Gasteiger partial charge in [0.25, 0.3) is 0 Å². The highest BCUT2D eigenvalue weighted by atomic mass is 127. The topological polar surface area (TPSA) is 0 Å². The Kier molecular flexibility index (Phi) is 3.43. The third kappa shape index (κ3) is 2.48. The molecule has 0 aliphatic carbocycles. The lowest BCUT2D eigenvalue weighted by Gasteiger charge is -2.01. The molecular weight excluding hydrogens is 398 g/mol. The average Bonchev–Trinajstić information content (AvgIpc) is 2.18. The summed E-state index contributed by atoms with van der Waals surface area (Å²) in [4.78, 5) is 0. The minimum absolute atomic E-state index is 1.16. The second kappa shape index (κ2) is 4.61. The number of rotatable bonds is 1. The zero-order chi connectivity index (χ0) is 9.97. The lowest BCUT2D eigenvalue weighted by Crippen LogP contribution is -1.80. The maximum atomic E-state index is 3.24. The van der Waals surface area contributed by atoms with Crippen LogP contribution in [0.2, 0.25) is 0 Å². The molecule has 0 heterocycles. The first-order chi connectivity index (χ1) is 6.75. The van der Waals surface area contributed by atoms with Crippen LogP contribution in [-0.4, -0.2) is 0 Å². The standard InChI is InChI=1S/C12H7I2/c13-11-5-1-3-9(7-11)10-4-2-6-12(14)8-10/h1-3,5-8H. The highest BCUT2D eigenvalue weighted by Crippen LogP contribution is 2.22. The minimum atomic E-state index is 1.16. The van der Waals surface area contributed by atoms with Crippen LogP contribution in [-0.2, 0) is 0 Å². The smallest absolute Gasteiger partial charge is 0.0136 e. The monoisotopic (exact) mass is 405 g/mol. The van der Waals surface area contributed by atoms with Gasteiger partial charge in [0, 0.05) is 7.14 Å². The Labute approximate surface area is 111 Å². The van der Waals surface area contributed by atoms with Crippen molar-refractivity contribution in [3.05, 3.63) is 55.7 Å². The van der Waals surface area contributed by atoms with Gasteiger partial charge in [-0.2, -0.15) is 0 Å². The zero-order valence-electron chi connectivity index (χ0n) is 7.30. The number of hydrogen-bond acceptors (Lipinski definition) is 0. The van der Waals surface area contributed by atoms with Crippen molar-refractivity contribution < 1.29 is 0 Å². The van der Waals surface area contributed by atoms with E-state index >= 15 is 0 Å². The van der Waals surface area contributed by atoms with Gasteiger partial charge >= 0.3 is 0 Å². The van der Waals surface area contributed by atoms with Crippen molar-refractivity contribution in [2.24, 2.45) is 0 Å². The molecule has 0 fully saturated rings. The average molecular weight is 405 g/mol. The maximum absolute atomic E-state index is 3.24. The van der Waals surface area contributed by atoms with Crippen LogP contribution in [0.25, 0.3) is 11.1 Å². The number of benzene rings is 2. The molecule has 69 valence electrons. The molecule has 0 N–H and O–H groups in total. The van der Waals surface area contributed by atoms with Crippen LogP contribution in [0, 0.1) is 13.2 Å². The molecule has 2 rings (SSSR count). The fraction of sp³-hybridized carbons (Fsp3) is 0. The summed E-state index contributed by atoms with van der Waals surface area (Å²) in [5.41, 5.74) is 2.39. The highest BCUT2D eigenvalue weighted by Gasteiger charge is 1.98. The largest absolute Gasteiger partial charge is 0.0606 e. The van der Waals surface area contributed by atoms with Crippen LogP contribution in [0.1, 0.15) is 0 Å². The number of hydrogen-bond donors (Lipinski definition) is 0. The lowest BCUT2D eigenvalue weighted by atomic mass is 10.1. The quantitative estimate of drug-likeness (QED) is 0.619. The van der Waals surface area contributed by atoms with Crippen molar-refractivity contribution in [2.45, 2.75) is 0 Å². The van der Waals surface area contributed by atoms with Crippen LogP contribution in [0.15, 0.2) is 42.5 Å². The summed E-state index contributed by atoms with van der Waals surface area (Å²) in [5.74, 6) is 0. The normalized spacial score (nSPS) is 10.1. The molecule has 0 atom stereocenters. The van der Waals surface area contributed by atoms with Gasteiger partial charge < -0.3 is 0 Å². The molecule has 0 aliphatic rings. The Bertz CT molecular complexity index is 406. The molecule has 0 nitrogen and oxygen atoms in total. The molecule has 2 aromatic carbocycles. The molecule has 0 aliphatic heterocycles. The van der Waals surface area contributed by atoms with Gasteiger partial charge in [0.05, 0.1) is 0 Å². The molecule has 0 unspecified atom stereocenters. The van der Waals surface area contributed by atoms with Gasteiger partial charge in [-0.25, -0.2) is 0 Å². The Hall–Kier alpha value is -0.100. The predicted molar refractivity (Wildman–Crippen MR) is 76.1 cm³/mol. The zero-order valence-corrected chi connectivity index (χ0v) is 11.6. The van der Waals surface area contributed by atoms with Crippen molar-refractivity contribution in [1.29, 1.82) is 0 Å². The van der Waals surface area contributed by atoms with E-state index in [1.807, 2.05) is 6.07 Å². The Balaban J connectivity index is 2.49. The van der Waals surface area contributed by atoms with E-state index in [0.717, 1.165) is 5.56 Å². The molecule has 0 amide bonds. The third-order valence-corrected chi connectivity index (χ3v) is 3.24. The van der Waals surface area contributed by atoms with Gasteiger partial charge in [0.2, 0.25) is 0 Å². The van der Waals surface area contributed by atoms with Gasteiger partial charge in [0.1, 0.15) is 0 Å². The maximum Gasteiger partial charge on any atom is 0.0136 e. The van der Waals surface area contributed by atoms with E-state index in [-0.39, 0.29) is 0 Å². The van der Waals surface area contributed by atoms with E-state index in [9.17, 15) is 0 Å². The van der Waals surface area contributed by atoms with Crippen molar-refractivity contribution in [2.75, 3.05) is 0 Å². The van der Waals surface area contributed by atoms with E-state index in [0.29, 0.717) is 0 Å². The van der Waals surface area contributed by atoms with E-state index in [1.54, 1.807) is 0 Å². The lowest BCUT2D eigenvalue weighted by molar-refractivity contribution is 1.56. The van der Waals surface area contributed by atoms with Crippen LogP contribution >= 0.6 is 45.2 Å². The second-order valence-electron chi connectivity index (χ2n) is 2.93. The summed E-state index contributed by atoms with van der Waals surface area (Å²) >= 11 is 4.64. The van der Waals surface area contributed by atoms with Crippen molar-refractivity contribution in [3.8, 4) is 11.1 Å². The van der Waals surface area contributed by atoms with Crippen molar-refractivity contribution >= 4 is 45.2 Å². The third-order valence-electron chi connectivity index (χ3n) is 1.90. The summed E-state index contributed by atoms with van der Waals surface area (Å²) in [6, 6.07) is 17.9. The molecule has 0 bridgehead atoms. The molecule has 1 radical (unpaired) electrons.